The van der Waals surface area contributed by atoms with Crippen LogP contribution in [0.3, 0.4) is 0 Å². The minimum absolute atomic E-state index is 0.0908. The van der Waals surface area contributed by atoms with Gasteiger partial charge in [-0.15, -0.1) is 0 Å². The maximum Gasteiger partial charge on any atom is 0.411 e. The van der Waals surface area contributed by atoms with Crippen LogP contribution < -0.4 is 10.6 Å². The molecule has 0 radical (unpaired) electrons. The quantitative estimate of drug-likeness (QED) is 0.405. The fraction of sp³-hybridized carbons (Fsp3) is 0.350. The first kappa shape index (κ1) is 21.7. The summed E-state index contributed by atoms with van der Waals surface area (Å²) in [6.45, 7) is -0.336. The Morgan fingerprint density at radius 1 is 1.00 bits per heavy atom. The van der Waals surface area contributed by atoms with Gasteiger partial charge < -0.3 is 15.4 Å². The van der Waals surface area contributed by atoms with Gasteiger partial charge in [0.1, 0.15) is 12.4 Å². The average Bonchev–Trinajstić information content (AvgIpc) is 2.66. The summed E-state index contributed by atoms with van der Waals surface area (Å²) in [5.41, 5.74) is 2.24. The number of aliphatic imine (C=N–C) groups is 1. The lowest BCUT2D eigenvalue weighted by molar-refractivity contribution is -0.176. The topological polar surface area (TPSA) is 45.7 Å². The fourth-order valence-corrected chi connectivity index (χ4v) is 2.46. The van der Waals surface area contributed by atoms with E-state index in [2.05, 4.69) is 20.4 Å². The van der Waals surface area contributed by atoms with E-state index in [1.807, 2.05) is 12.1 Å². The monoisotopic (exact) mass is 397 g/mol. The third-order valence-corrected chi connectivity index (χ3v) is 3.89. The number of ether oxygens (including phenoxy) is 1. The number of benzene rings is 2. The predicted octanol–water partition coefficient (Wildman–Crippen LogP) is 3.81. The molecule has 0 saturated carbocycles. The van der Waals surface area contributed by atoms with Crippen LogP contribution in [-0.2, 0) is 24.3 Å². The molecule has 0 aliphatic carbocycles. The summed E-state index contributed by atoms with van der Waals surface area (Å²) in [7, 11) is 1.64. The van der Waals surface area contributed by atoms with E-state index >= 15 is 0 Å². The zero-order valence-corrected chi connectivity index (χ0v) is 15.5. The fourth-order valence-electron chi connectivity index (χ4n) is 2.46. The lowest BCUT2D eigenvalue weighted by atomic mass is 10.1. The number of hydrogen-bond acceptors (Lipinski definition) is 2. The maximum atomic E-state index is 13.6. The molecule has 0 heterocycles. The molecule has 0 aromatic heterocycles. The highest BCUT2D eigenvalue weighted by Gasteiger charge is 2.27. The summed E-state index contributed by atoms with van der Waals surface area (Å²) in [6.07, 6.45) is -3.79. The Kier molecular flexibility index (Phi) is 8.25. The molecule has 0 aliphatic heterocycles. The second kappa shape index (κ2) is 10.7. The van der Waals surface area contributed by atoms with Crippen molar-refractivity contribution in [2.45, 2.75) is 25.7 Å². The van der Waals surface area contributed by atoms with E-state index in [9.17, 15) is 17.6 Å². The Labute approximate surface area is 161 Å². The maximum absolute atomic E-state index is 13.6. The van der Waals surface area contributed by atoms with Crippen LogP contribution in [0.5, 0.6) is 0 Å². The number of guanidine groups is 1. The molecule has 0 atom stereocenters. The molecule has 0 aliphatic rings. The van der Waals surface area contributed by atoms with Crippen molar-refractivity contribution in [3.8, 4) is 0 Å². The molecule has 8 heteroatoms. The Hall–Kier alpha value is -2.61. The van der Waals surface area contributed by atoms with Gasteiger partial charge in [0.05, 0.1) is 6.61 Å². The molecule has 2 N–H and O–H groups in total. The van der Waals surface area contributed by atoms with Crippen molar-refractivity contribution in [1.82, 2.24) is 10.6 Å². The minimum Gasteiger partial charge on any atom is -0.367 e. The molecule has 0 unspecified atom stereocenters. The zero-order chi connectivity index (χ0) is 20.4. The number of alkyl halides is 3. The van der Waals surface area contributed by atoms with Gasteiger partial charge in [0.25, 0.3) is 0 Å². The first-order chi connectivity index (χ1) is 13.4. The molecule has 0 amide bonds. The average molecular weight is 397 g/mol. The van der Waals surface area contributed by atoms with Gasteiger partial charge in [-0.05, 0) is 29.2 Å². The largest absolute Gasteiger partial charge is 0.411 e. The highest BCUT2D eigenvalue weighted by molar-refractivity contribution is 5.79. The van der Waals surface area contributed by atoms with Gasteiger partial charge in [-0.2, -0.15) is 13.2 Å². The Bertz CT molecular complexity index is 761. The number of rotatable bonds is 8. The molecule has 2 rings (SSSR count). The van der Waals surface area contributed by atoms with E-state index in [4.69, 9.17) is 0 Å². The van der Waals surface area contributed by atoms with Crippen LogP contribution in [0.25, 0.3) is 0 Å². The highest BCUT2D eigenvalue weighted by atomic mass is 19.4. The standard InChI is InChI=1S/C20H23F4N3O/c1-25-19(26-11-10-17-4-2-3-5-18(17)21)27-12-15-6-8-16(9-7-15)13-28-14-20(22,23)24/h2-9H,10-14H2,1H3,(H2,25,26,27). The van der Waals surface area contributed by atoms with Crippen molar-refractivity contribution < 1.29 is 22.3 Å². The first-order valence-electron chi connectivity index (χ1n) is 8.77. The molecule has 152 valence electrons. The molecular formula is C20H23F4N3O. The number of hydrogen-bond donors (Lipinski definition) is 2. The first-order valence-corrected chi connectivity index (χ1v) is 8.77. The Morgan fingerprint density at radius 3 is 2.32 bits per heavy atom. The van der Waals surface area contributed by atoms with Crippen molar-refractivity contribution in [1.29, 1.82) is 0 Å². The van der Waals surface area contributed by atoms with Crippen LogP contribution in [0.1, 0.15) is 16.7 Å². The Morgan fingerprint density at radius 2 is 1.68 bits per heavy atom. The van der Waals surface area contributed by atoms with Gasteiger partial charge in [0, 0.05) is 20.1 Å². The molecule has 28 heavy (non-hydrogen) atoms. The Balaban J connectivity index is 1.73. The third-order valence-electron chi connectivity index (χ3n) is 3.89. The van der Waals surface area contributed by atoms with Crippen molar-refractivity contribution >= 4 is 5.96 Å². The third kappa shape index (κ3) is 7.96. The van der Waals surface area contributed by atoms with Crippen molar-refractivity contribution in [3.05, 3.63) is 71.0 Å². The molecule has 4 nitrogen and oxygen atoms in total. The van der Waals surface area contributed by atoms with E-state index < -0.39 is 12.8 Å². The molecule has 0 bridgehead atoms. The molecule has 2 aromatic rings. The normalized spacial score (nSPS) is 12.1. The lowest BCUT2D eigenvalue weighted by Crippen LogP contribution is -2.37. The van der Waals surface area contributed by atoms with Crippen LogP contribution in [-0.4, -0.2) is 32.3 Å². The summed E-state index contributed by atoms with van der Waals surface area (Å²) in [5.74, 6) is 0.348. The van der Waals surface area contributed by atoms with Crippen molar-refractivity contribution in [2.75, 3.05) is 20.2 Å². The minimum atomic E-state index is -4.32. The van der Waals surface area contributed by atoms with Gasteiger partial charge in [0.2, 0.25) is 0 Å². The molecule has 0 fully saturated rings. The zero-order valence-electron chi connectivity index (χ0n) is 15.5. The van der Waals surface area contributed by atoms with Crippen LogP contribution >= 0.6 is 0 Å². The molecular weight excluding hydrogens is 374 g/mol. The van der Waals surface area contributed by atoms with Crippen molar-refractivity contribution in [2.24, 2.45) is 4.99 Å². The van der Waals surface area contributed by atoms with E-state index in [0.717, 1.165) is 5.56 Å². The van der Waals surface area contributed by atoms with Crippen LogP contribution in [0.2, 0.25) is 0 Å². The van der Waals surface area contributed by atoms with Crippen LogP contribution in [0.4, 0.5) is 17.6 Å². The number of nitrogens with zero attached hydrogens (tertiary/aromatic N) is 1. The smallest absolute Gasteiger partial charge is 0.367 e. The van der Waals surface area contributed by atoms with E-state index in [1.165, 1.54) is 6.07 Å². The summed E-state index contributed by atoms with van der Waals surface area (Å²) in [5, 5.41) is 6.25. The number of halogens is 4. The summed E-state index contributed by atoms with van der Waals surface area (Å²) >= 11 is 0. The molecule has 2 aromatic carbocycles. The lowest BCUT2D eigenvalue weighted by Gasteiger charge is -2.13. The summed E-state index contributed by atoms with van der Waals surface area (Å²) < 4.78 is 54.4. The van der Waals surface area contributed by atoms with E-state index in [0.29, 0.717) is 36.6 Å². The van der Waals surface area contributed by atoms with E-state index in [-0.39, 0.29) is 12.4 Å². The second-order valence-electron chi connectivity index (χ2n) is 6.12. The van der Waals surface area contributed by atoms with E-state index in [1.54, 1.807) is 37.4 Å². The molecule has 0 spiro atoms. The van der Waals surface area contributed by atoms with Gasteiger partial charge in [-0.3, -0.25) is 4.99 Å². The predicted molar refractivity (Wildman–Crippen MR) is 100 cm³/mol. The molecule has 0 saturated heterocycles. The SMILES string of the molecule is CN=C(NCCc1ccccc1F)NCc1ccc(COCC(F)(F)F)cc1. The van der Waals surface area contributed by atoms with Crippen LogP contribution in [0.15, 0.2) is 53.5 Å². The second-order valence-corrected chi connectivity index (χ2v) is 6.12. The van der Waals surface area contributed by atoms with Gasteiger partial charge in [-0.1, -0.05) is 42.5 Å². The number of nitrogens with one attached hydrogen (secondary N) is 2. The van der Waals surface area contributed by atoms with Crippen LogP contribution in [0, 0.1) is 5.82 Å². The van der Waals surface area contributed by atoms with Gasteiger partial charge in [-0.25, -0.2) is 4.39 Å². The summed E-state index contributed by atoms with van der Waals surface area (Å²) in [6, 6.07) is 13.7. The van der Waals surface area contributed by atoms with Crippen molar-refractivity contribution in [3.63, 3.8) is 0 Å². The van der Waals surface area contributed by atoms with Gasteiger partial charge in [0.15, 0.2) is 5.96 Å². The van der Waals surface area contributed by atoms with Gasteiger partial charge >= 0.3 is 6.18 Å². The highest BCUT2D eigenvalue weighted by Crippen LogP contribution is 2.15. The summed E-state index contributed by atoms with van der Waals surface area (Å²) in [4.78, 5) is 4.11.